The van der Waals surface area contributed by atoms with Gasteiger partial charge in [-0.2, -0.15) is 0 Å². The summed E-state index contributed by atoms with van der Waals surface area (Å²) in [5, 5.41) is 0. The van der Waals surface area contributed by atoms with Crippen molar-refractivity contribution in [2.24, 2.45) is 0 Å². The molecule has 2 rings (SSSR count). The molecule has 1 aliphatic carbocycles. The molecule has 0 aromatic rings. The normalized spacial score (nSPS) is 30.0. The SMILES string of the molecule is C=COC1(OCC2CO2)CCCC1. The minimum absolute atomic E-state index is 0.311. The summed E-state index contributed by atoms with van der Waals surface area (Å²) in [6.45, 7) is 5.08. The van der Waals surface area contributed by atoms with Gasteiger partial charge >= 0.3 is 0 Å². The van der Waals surface area contributed by atoms with E-state index >= 15 is 0 Å². The second kappa shape index (κ2) is 3.68. The van der Waals surface area contributed by atoms with Crippen molar-refractivity contribution in [1.82, 2.24) is 0 Å². The van der Waals surface area contributed by atoms with E-state index in [0.29, 0.717) is 12.7 Å². The molecule has 0 bridgehead atoms. The summed E-state index contributed by atoms with van der Waals surface area (Å²) < 4.78 is 16.3. The van der Waals surface area contributed by atoms with Crippen LogP contribution in [0.5, 0.6) is 0 Å². The van der Waals surface area contributed by atoms with Gasteiger partial charge in [0.05, 0.1) is 19.5 Å². The third kappa shape index (κ3) is 2.23. The summed E-state index contributed by atoms with van der Waals surface area (Å²) in [4.78, 5) is 0. The van der Waals surface area contributed by atoms with Crippen LogP contribution in [0.4, 0.5) is 0 Å². The molecule has 3 heteroatoms. The Morgan fingerprint density at radius 3 is 2.69 bits per heavy atom. The van der Waals surface area contributed by atoms with E-state index in [1.807, 2.05) is 0 Å². The molecule has 1 aliphatic heterocycles. The minimum atomic E-state index is -0.381. The average molecular weight is 184 g/mol. The first-order valence-electron chi connectivity index (χ1n) is 4.89. The first-order chi connectivity index (χ1) is 6.35. The summed E-state index contributed by atoms with van der Waals surface area (Å²) in [6.07, 6.45) is 6.11. The predicted octanol–water partition coefficient (Wildman–Crippen LogP) is 1.83. The zero-order valence-corrected chi connectivity index (χ0v) is 7.83. The second-order valence-electron chi connectivity index (χ2n) is 3.67. The predicted molar refractivity (Wildman–Crippen MR) is 48.2 cm³/mol. The molecule has 0 amide bonds. The number of epoxide rings is 1. The molecule has 74 valence electrons. The maximum atomic E-state index is 5.74. The molecule has 1 heterocycles. The highest BCUT2D eigenvalue weighted by atomic mass is 16.7. The highest BCUT2D eigenvalue weighted by Gasteiger charge is 2.38. The van der Waals surface area contributed by atoms with Crippen molar-refractivity contribution in [1.29, 1.82) is 0 Å². The standard InChI is InChI=1S/C10H16O3/c1-2-12-10(5-3-4-6-10)13-8-9-7-11-9/h2,9H,1,3-8H2. The lowest BCUT2D eigenvalue weighted by Gasteiger charge is -2.27. The van der Waals surface area contributed by atoms with Crippen LogP contribution in [0.1, 0.15) is 25.7 Å². The maximum Gasteiger partial charge on any atom is 0.209 e. The Balaban J connectivity index is 1.83. The Kier molecular flexibility index (Phi) is 2.56. The van der Waals surface area contributed by atoms with E-state index in [2.05, 4.69) is 6.58 Å². The van der Waals surface area contributed by atoms with Crippen LogP contribution in [-0.2, 0) is 14.2 Å². The van der Waals surface area contributed by atoms with Gasteiger partial charge in [-0.3, -0.25) is 0 Å². The van der Waals surface area contributed by atoms with Gasteiger partial charge in [0, 0.05) is 12.8 Å². The molecule has 0 spiro atoms. The molecule has 0 radical (unpaired) electrons. The van der Waals surface area contributed by atoms with E-state index < -0.39 is 0 Å². The first kappa shape index (κ1) is 9.03. The molecule has 13 heavy (non-hydrogen) atoms. The molecule has 0 aromatic heterocycles. The van der Waals surface area contributed by atoms with Crippen LogP contribution in [-0.4, -0.2) is 25.1 Å². The fraction of sp³-hybridized carbons (Fsp3) is 0.800. The van der Waals surface area contributed by atoms with E-state index in [0.717, 1.165) is 19.4 Å². The summed E-state index contributed by atoms with van der Waals surface area (Å²) in [5.74, 6) is -0.381. The van der Waals surface area contributed by atoms with Crippen LogP contribution in [0.3, 0.4) is 0 Å². The smallest absolute Gasteiger partial charge is 0.209 e. The number of hydrogen-bond acceptors (Lipinski definition) is 3. The van der Waals surface area contributed by atoms with Crippen molar-refractivity contribution in [2.75, 3.05) is 13.2 Å². The third-order valence-electron chi connectivity index (χ3n) is 2.60. The van der Waals surface area contributed by atoms with Crippen LogP contribution < -0.4 is 0 Å². The second-order valence-corrected chi connectivity index (χ2v) is 3.67. The maximum absolute atomic E-state index is 5.74. The third-order valence-corrected chi connectivity index (χ3v) is 2.60. The highest BCUT2D eigenvalue weighted by Crippen LogP contribution is 2.35. The van der Waals surface area contributed by atoms with Gasteiger partial charge in [0.25, 0.3) is 0 Å². The first-order valence-corrected chi connectivity index (χ1v) is 4.89. The molecule has 1 unspecified atom stereocenters. The molecule has 3 nitrogen and oxygen atoms in total. The van der Waals surface area contributed by atoms with Crippen molar-refractivity contribution in [3.8, 4) is 0 Å². The molecule has 0 aromatic carbocycles. The summed E-state index contributed by atoms with van der Waals surface area (Å²) >= 11 is 0. The number of rotatable bonds is 5. The Labute approximate surface area is 78.7 Å². The molecule has 2 aliphatic rings. The monoisotopic (exact) mass is 184 g/mol. The van der Waals surface area contributed by atoms with Crippen LogP contribution in [0.2, 0.25) is 0 Å². The lowest BCUT2D eigenvalue weighted by Crippen LogP contribution is -2.32. The van der Waals surface area contributed by atoms with Crippen molar-refractivity contribution in [3.05, 3.63) is 12.8 Å². The van der Waals surface area contributed by atoms with Crippen molar-refractivity contribution >= 4 is 0 Å². The van der Waals surface area contributed by atoms with Gasteiger partial charge in [0.1, 0.15) is 6.10 Å². The summed E-state index contributed by atoms with van der Waals surface area (Å²) in [7, 11) is 0. The van der Waals surface area contributed by atoms with Gasteiger partial charge < -0.3 is 14.2 Å². The van der Waals surface area contributed by atoms with Crippen molar-refractivity contribution < 1.29 is 14.2 Å². The molecular formula is C10H16O3. The molecule has 2 fully saturated rings. The molecule has 1 atom stereocenters. The van der Waals surface area contributed by atoms with Gasteiger partial charge in [-0.1, -0.05) is 6.58 Å². The highest BCUT2D eigenvalue weighted by molar-refractivity contribution is 4.81. The lowest BCUT2D eigenvalue weighted by molar-refractivity contribution is -0.203. The van der Waals surface area contributed by atoms with Crippen molar-refractivity contribution in [2.45, 2.75) is 37.6 Å². The number of ether oxygens (including phenoxy) is 3. The van der Waals surface area contributed by atoms with Crippen LogP contribution in [0.25, 0.3) is 0 Å². The van der Waals surface area contributed by atoms with Gasteiger partial charge in [-0.25, -0.2) is 0 Å². The van der Waals surface area contributed by atoms with Gasteiger partial charge in [0.2, 0.25) is 5.79 Å². The summed E-state index contributed by atoms with van der Waals surface area (Å²) in [5.41, 5.74) is 0. The van der Waals surface area contributed by atoms with E-state index in [1.165, 1.54) is 19.1 Å². The largest absolute Gasteiger partial charge is 0.471 e. The summed E-state index contributed by atoms with van der Waals surface area (Å²) in [6, 6.07) is 0. The Bertz CT molecular complexity index is 181. The van der Waals surface area contributed by atoms with Gasteiger partial charge in [0.15, 0.2) is 0 Å². The minimum Gasteiger partial charge on any atom is -0.471 e. The Morgan fingerprint density at radius 1 is 1.46 bits per heavy atom. The van der Waals surface area contributed by atoms with Crippen LogP contribution >= 0.6 is 0 Å². The van der Waals surface area contributed by atoms with E-state index in [9.17, 15) is 0 Å². The topological polar surface area (TPSA) is 31.0 Å². The lowest BCUT2D eigenvalue weighted by atomic mass is 10.2. The zero-order chi connectivity index (χ0) is 9.15. The fourth-order valence-corrected chi connectivity index (χ4v) is 1.77. The molecule has 0 N–H and O–H groups in total. The average Bonchev–Trinajstić information content (AvgIpc) is 2.85. The molecular weight excluding hydrogens is 168 g/mol. The zero-order valence-electron chi connectivity index (χ0n) is 7.83. The van der Waals surface area contributed by atoms with Crippen LogP contribution in [0.15, 0.2) is 12.8 Å². The van der Waals surface area contributed by atoms with Gasteiger partial charge in [-0.15, -0.1) is 0 Å². The fourth-order valence-electron chi connectivity index (χ4n) is 1.77. The van der Waals surface area contributed by atoms with E-state index in [4.69, 9.17) is 14.2 Å². The van der Waals surface area contributed by atoms with E-state index in [-0.39, 0.29) is 5.79 Å². The van der Waals surface area contributed by atoms with Crippen LogP contribution in [0, 0.1) is 0 Å². The number of hydrogen-bond donors (Lipinski definition) is 0. The Hall–Kier alpha value is -0.540. The quantitative estimate of drug-likeness (QED) is 0.371. The van der Waals surface area contributed by atoms with E-state index in [1.54, 1.807) is 0 Å². The molecule has 1 saturated carbocycles. The van der Waals surface area contributed by atoms with Crippen molar-refractivity contribution in [3.63, 3.8) is 0 Å². The Morgan fingerprint density at radius 2 is 2.15 bits per heavy atom. The van der Waals surface area contributed by atoms with Gasteiger partial charge in [-0.05, 0) is 12.8 Å². The molecule has 1 saturated heterocycles.